The topological polar surface area (TPSA) is 66.6 Å². The van der Waals surface area contributed by atoms with Gasteiger partial charge in [-0.15, -0.1) is 0 Å². The number of hydrogen-bond acceptors (Lipinski definition) is 3. The van der Waals surface area contributed by atoms with Crippen molar-refractivity contribution >= 4 is 5.97 Å². The number of nitrogens with two attached hydrogens (primary N) is 1. The van der Waals surface area contributed by atoms with Gasteiger partial charge in [0, 0.05) is 24.2 Å². The third kappa shape index (κ3) is 4.07. The van der Waals surface area contributed by atoms with Gasteiger partial charge in [-0.3, -0.25) is 4.79 Å². The first kappa shape index (κ1) is 16.5. The molecule has 2 rings (SSSR count). The number of hydrogen-bond donors (Lipinski definition) is 2. The van der Waals surface area contributed by atoms with Crippen LogP contribution in [0.25, 0.3) is 0 Å². The van der Waals surface area contributed by atoms with Gasteiger partial charge in [0.25, 0.3) is 0 Å². The van der Waals surface area contributed by atoms with Crippen LogP contribution in [0.3, 0.4) is 0 Å². The van der Waals surface area contributed by atoms with E-state index in [0.29, 0.717) is 24.8 Å². The van der Waals surface area contributed by atoms with Gasteiger partial charge >= 0.3 is 5.97 Å². The molecular weight excluding hydrogens is 283 g/mol. The molecule has 0 aliphatic heterocycles. The zero-order valence-corrected chi connectivity index (χ0v) is 12.8. The van der Waals surface area contributed by atoms with E-state index < -0.39 is 12.0 Å². The smallest absolute Gasteiger partial charge is 0.320 e. The number of carboxylic acid groups (broad SMARTS) is 1. The molecule has 4 nitrogen and oxygen atoms in total. The zero-order chi connectivity index (χ0) is 16.3. The van der Waals surface area contributed by atoms with Crippen LogP contribution in [0.4, 0.5) is 4.39 Å². The minimum Gasteiger partial charge on any atom is -0.480 e. The number of halogens is 1. The maximum absolute atomic E-state index is 13.0. The van der Waals surface area contributed by atoms with E-state index in [1.165, 1.54) is 12.1 Å². The van der Waals surface area contributed by atoms with Gasteiger partial charge in [-0.2, -0.15) is 0 Å². The average Bonchev–Trinajstić information content (AvgIpc) is 3.23. The predicted octanol–water partition coefficient (Wildman–Crippen LogP) is 2.71. The summed E-state index contributed by atoms with van der Waals surface area (Å²) in [6, 6.07) is 6.19. The SMILES string of the molecule is C=C(C)N(CCC[C@H](N)C(=O)O)[C@@H]1C[C@H]1c1ccc(F)cc1. The molecule has 0 aromatic heterocycles. The van der Waals surface area contributed by atoms with Crippen molar-refractivity contribution in [2.24, 2.45) is 5.73 Å². The van der Waals surface area contributed by atoms with Crippen LogP contribution in [0.15, 0.2) is 36.5 Å². The van der Waals surface area contributed by atoms with Gasteiger partial charge in [-0.25, -0.2) is 4.39 Å². The van der Waals surface area contributed by atoms with Gasteiger partial charge in [0.1, 0.15) is 11.9 Å². The molecule has 22 heavy (non-hydrogen) atoms. The van der Waals surface area contributed by atoms with Crippen molar-refractivity contribution in [2.45, 2.75) is 44.2 Å². The lowest BCUT2D eigenvalue weighted by Gasteiger charge is -2.26. The molecule has 120 valence electrons. The summed E-state index contributed by atoms with van der Waals surface area (Å²) in [6.07, 6.45) is 2.18. The highest BCUT2D eigenvalue weighted by molar-refractivity contribution is 5.72. The van der Waals surface area contributed by atoms with E-state index in [1.54, 1.807) is 0 Å². The fourth-order valence-corrected chi connectivity index (χ4v) is 2.84. The second-order valence-electron chi connectivity index (χ2n) is 5.98. The number of nitrogens with zero attached hydrogens (tertiary/aromatic N) is 1. The van der Waals surface area contributed by atoms with Gasteiger partial charge in [0.15, 0.2) is 0 Å². The average molecular weight is 306 g/mol. The minimum atomic E-state index is -0.961. The number of rotatable bonds is 8. The van der Waals surface area contributed by atoms with E-state index in [9.17, 15) is 9.18 Å². The summed E-state index contributed by atoms with van der Waals surface area (Å²) in [4.78, 5) is 12.9. The molecule has 0 amide bonds. The second kappa shape index (κ2) is 6.92. The number of carbonyl (C=O) groups is 1. The lowest BCUT2D eigenvalue weighted by molar-refractivity contribution is -0.138. The first-order valence-electron chi connectivity index (χ1n) is 7.56. The zero-order valence-electron chi connectivity index (χ0n) is 12.8. The number of allylic oxidation sites excluding steroid dienone is 1. The molecule has 3 atom stereocenters. The summed E-state index contributed by atoms with van der Waals surface area (Å²) in [5, 5.41) is 8.80. The summed E-state index contributed by atoms with van der Waals surface area (Å²) in [5.74, 6) is -0.789. The predicted molar refractivity (Wildman–Crippen MR) is 83.9 cm³/mol. The van der Waals surface area contributed by atoms with Crippen LogP contribution in [0.5, 0.6) is 0 Å². The van der Waals surface area contributed by atoms with E-state index >= 15 is 0 Å². The van der Waals surface area contributed by atoms with E-state index in [1.807, 2.05) is 19.1 Å². The maximum atomic E-state index is 13.0. The monoisotopic (exact) mass is 306 g/mol. The Morgan fingerprint density at radius 3 is 2.68 bits per heavy atom. The molecule has 1 aromatic rings. The molecule has 5 heteroatoms. The largest absolute Gasteiger partial charge is 0.480 e. The molecule has 1 saturated carbocycles. The van der Waals surface area contributed by atoms with Gasteiger partial charge in [-0.1, -0.05) is 18.7 Å². The molecule has 1 fully saturated rings. The van der Waals surface area contributed by atoms with Gasteiger partial charge in [-0.05, 0) is 43.9 Å². The standard InChI is InChI=1S/C17H23FN2O2/c1-11(2)20(9-3-4-15(19)17(21)22)16-10-14(16)12-5-7-13(18)8-6-12/h5-8,14-16H,1,3-4,9-10,19H2,2H3,(H,21,22)/t14-,15-,16+/m0/s1. The molecule has 1 aliphatic rings. The molecule has 0 saturated heterocycles. The fraction of sp³-hybridized carbons (Fsp3) is 0.471. The first-order valence-corrected chi connectivity index (χ1v) is 7.56. The quantitative estimate of drug-likeness (QED) is 0.775. The number of aliphatic carboxylic acids is 1. The van der Waals surface area contributed by atoms with E-state index in [0.717, 1.165) is 24.2 Å². The summed E-state index contributed by atoms with van der Waals surface area (Å²) >= 11 is 0. The van der Waals surface area contributed by atoms with Crippen molar-refractivity contribution in [3.05, 3.63) is 47.9 Å². The molecule has 0 radical (unpaired) electrons. The van der Waals surface area contributed by atoms with Crippen LogP contribution in [0.1, 0.15) is 37.7 Å². The van der Waals surface area contributed by atoms with E-state index in [4.69, 9.17) is 10.8 Å². The normalized spacial score (nSPS) is 21.2. The molecule has 0 spiro atoms. The van der Waals surface area contributed by atoms with Crippen LogP contribution in [0.2, 0.25) is 0 Å². The van der Waals surface area contributed by atoms with Gasteiger partial charge in [0.2, 0.25) is 0 Å². The molecule has 0 unspecified atom stereocenters. The Balaban J connectivity index is 1.89. The van der Waals surface area contributed by atoms with Crippen LogP contribution in [-0.4, -0.2) is 34.6 Å². The highest BCUT2D eigenvalue weighted by Gasteiger charge is 2.42. The van der Waals surface area contributed by atoms with Crippen molar-refractivity contribution in [1.29, 1.82) is 0 Å². The Bertz CT molecular complexity index is 544. The number of benzene rings is 1. The molecule has 0 heterocycles. The lowest BCUT2D eigenvalue weighted by Crippen LogP contribution is -2.32. The highest BCUT2D eigenvalue weighted by atomic mass is 19.1. The van der Waals surface area contributed by atoms with Gasteiger partial charge in [0.05, 0.1) is 0 Å². The van der Waals surface area contributed by atoms with Crippen molar-refractivity contribution < 1.29 is 14.3 Å². The number of carboxylic acids is 1. The van der Waals surface area contributed by atoms with Crippen molar-refractivity contribution in [2.75, 3.05) is 6.54 Å². The van der Waals surface area contributed by atoms with Crippen LogP contribution in [-0.2, 0) is 4.79 Å². The van der Waals surface area contributed by atoms with Crippen LogP contribution >= 0.6 is 0 Å². The summed E-state index contributed by atoms with van der Waals surface area (Å²) < 4.78 is 13.0. The Morgan fingerprint density at radius 1 is 1.50 bits per heavy atom. The maximum Gasteiger partial charge on any atom is 0.320 e. The third-order valence-corrected chi connectivity index (χ3v) is 4.18. The lowest BCUT2D eigenvalue weighted by atomic mass is 10.1. The highest BCUT2D eigenvalue weighted by Crippen LogP contribution is 2.45. The Hall–Kier alpha value is -1.88. The molecule has 0 bridgehead atoms. The van der Waals surface area contributed by atoms with Crippen LogP contribution < -0.4 is 5.73 Å². The molecule has 1 aliphatic carbocycles. The summed E-state index contributed by atoms with van der Waals surface area (Å²) in [5.41, 5.74) is 7.64. The summed E-state index contributed by atoms with van der Waals surface area (Å²) in [7, 11) is 0. The Labute approximate surface area is 130 Å². The van der Waals surface area contributed by atoms with Crippen molar-refractivity contribution in [3.8, 4) is 0 Å². The Kier molecular flexibility index (Phi) is 5.19. The van der Waals surface area contributed by atoms with E-state index in [-0.39, 0.29) is 5.82 Å². The van der Waals surface area contributed by atoms with Crippen molar-refractivity contribution in [3.63, 3.8) is 0 Å². The second-order valence-corrected chi connectivity index (χ2v) is 5.98. The van der Waals surface area contributed by atoms with Crippen molar-refractivity contribution in [1.82, 2.24) is 4.90 Å². The minimum absolute atomic E-state index is 0.222. The van der Waals surface area contributed by atoms with Gasteiger partial charge < -0.3 is 15.7 Å². The fourth-order valence-electron chi connectivity index (χ4n) is 2.84. The molecule has 3 N–H and O–H groups in total. The first-order chi connectivity index (χ1) is 10.4. The van der Waals surface area contributed by atoms with E-state index in [2.05, 4.69) is 11.5 Å². The summed E-state index contributed by atoms with van der Waals surface area (Å²) in [6.45, 7) is 6.71. The molecule has 1 aromatic carbocycles. The van der Waals surface area contributed by atoms with Crippen LogP contribution in [0, 0.1) is 5.82 Å². The molecular formula is C17H23FN2O2. The third-order valence-electron chi connectivity index (χ3n) is 4.18. The Morgan fingerprint density at radius 2 is 2.14 bits per heavy atom.